The molecule has 0 aliphatic heterocycles. The number of aromatic nitrogens is 4. The van der Waals surface area contributed by atoms with Crippen molar-refractivity contribution < 1.29 is 8.91 Å². The normalized spacial score (nSPS) is 13.2. The van der Waals surface area contributed by atoms with Crippen molar-refractivity contribution >= 4 is 5.70 Å². The van der Waals surface area contributed by atoms with Gasteiger partial charge in [-0.15, -0.1) is 0 Å². The Morgan fingerprint density at radius 3 is 2.84 bits per heavy atom. The predicted molar refractivity (Wildman–Crippen MR) is 86.3 cm³/mol. The summed E-state index contributed by atoms with van der Waals surface area (Å²) in [5, 5.41) is 3.91. The average Bonchev–Trinajstić information content (AvgIpc) is 3.06. The zero-order valence-electron chi connectivity index (χ0n) is 12.8. The molecule has 1 aliphatic carbocycles. The molecule has 0 aromatic carbocycles. The molecule has 8 heteroatoms. The van der Waals surface area contributed by atoms with Gasteiger partial charge < -0.3 is 9.09 Å². The molecule has 3 aromatic rings. The summed E-state index contributed by atoms with van der Waals surface area (Å²) in [7, 11) is 0. The second-order valence-electron chi connectivity index (χ2n) is 5.48. The molecule has 4 rings (SSSR count). The summed E-state index contributed by atoms with van der Waals surface area (Å²) < 4.78 is 20.3. The van der Waals surface area contributed by atoms with E-state index in [1.807, 2.05) is 6.07 Å². The number of nitrogens with zero attached hydrogens (tertiary/aromatic N) is 4. The molecular weight excluding hydrogens is 327 g/mol. The van der Waals surface area contributed by atoms with Crippen molar-refractivity contribution in [3.05, 3.63) is 80.9 Å². The van der Waals surface area contributed by atoms with Gasteiger partial charge >= 0.3 is 11.1 Å². The van der Waals surface area contributed by atoms with Crippen molar-refractivity contribution in [2.24, 2.45) is 0 Å². The third kappa shape index (κ3) is 2.75. The summed E-state index contributed by atoms with van der Waals surface area (Å²) in [5.41, 5.74) is 2.47. The topological polar surface area (TPSA) is 82.9 Å². The molecule has 0 atom stereocenters. The molecule has 0 saturated heterocycles. The average molecular weight is 338 g/mol. The van der Waals surface area contributed by atoms with Crippen LogP contribution >= 0.6 is 0 Å². The third-order valence-corrected chi connectivity index (χ3v) is 3.79. The Balaban J connectivity index is 1.63. The van der Waals surface area contributed by atoms with E-state index in [0.29, 0.717) is 17.2 Å². The highest BCUT2D eigenvalue weighted by atomic mass is 19.1. The van der Waals surface area contributed by atoms with E-state index in [2.05, 4.69) is 15.9 Å². The van der Waals surface area contributed by atoms with Crippen molar-refractivity contribution in [3.63, 3.8) is 0 Å². The smallest absolute Gasteiger partial charge is 0.321 e. The summed E-state index contributed by atoms with van der Waals surface area (Å²) >= 11 is 0. The van der Waals surface area contributed by atoms with Crippen molar-refractivity contribution in [1.29, 1.82) is 0 Å². The van der Waals surface area contributed by atoms with Gasteiger partial charge in [-0.25, -0.2) is 4.39 Å². The molecule has 0 bridgehead atoms. The molecule has 0 fully saturated rings. The second-order valence-corrected chi connectivity index (χ2v) is 5.48. The van der Waals surface area contributed by atoms with Crippen LogP contribution in [0.2, 0.25) is 0 Å². The summed E-state index contributed by atoms with van der Waals surface area (Å²) in [6.45, 7) is 0.0852. The molecule has 25 heavy (non-hydrogen) atoms. The van der Waals surface area contributed by atoms with Gasteiger partial charge in [-0.3, -0.25) is 19.1 Å². The van der Waals surface area contributed by atoms with Crippen LogP contribution in [0.1, 0.15) is 12.1 Å². The van der Waals surface area contributed by atoms with Gasteiger partial charge in [-0.1, -0.05) is 10.9 Å². The van der Waals surface area contributed by atoms with Crippen LogP contribution in [-0.2, 0) is 6.54 Å². The number of allylic oxidation sites excluding steroid dienone is 1. The maximum atomic E-state index is 12.8. The summed E-state index contributed by atoms with van der Waals surface area (Å²) in [5.74, 6) is 0.0846. The van der Waals surface area contributed by atoms with Crippen LogP contribution in [0.25, 0.3) is 17.0 Å². The van der Waals surface area contributed by atoms with Crippen LogP contribution in [0.4, 0.5) is 4.39 Å². The fraction of sp³-hybridized carbons (Fsp3) is 0.118. The standard InChI is InChI=1S/C17H11FN4O3/c18-12-6-14(7-12)22-5-4-21(16(23)17(22)24)10-13-8-15(25-20-13)11-2-1-3-19-9-11/h1-5,8-9H,6,10H2. The van der Waals surface area contributed by atoms with Gasteiger partial charge in [0.05, 0.1) is 18.7 Å². The fourth-order valence-electron chi connectivity index (χ4n) is 2.48. The highest BCUT2D eigenvalue weighted by Gasteiger charge is 2.16. The lowest BCUT2D eigenvalue weighted by atomic mass is 10.2. The molecule has 0 amide bonds. The number of rotatable bonds is 4. The number of hydrogen-bond acceptors (Lipinski definition) is 5. The lowest BCUT2D eigenvalue weighted by Crippen LogP contribution is -2.40. The number of pyridine rings is 1. The van der Waals surface area contributed by atoms with E-state index in [4.69, 9.17) is 4.52 Å². The minimum Gasteiger partial charge on any atom is -0.356 e. The Labute approximate surface area is 140 Å². The third-order valence-electron chi connectivity index (χ3n) is 3.79. The largest absolute Gasteiger partial charge is 0.356 e. The molecule has 7 nitrogen and oxygen atoms in total. The Kier molecular flexibility index (Phi) is 3.52. The van der Waals surface area contributed by atoms with Gasteiger partial charge in [0.2, 0.25) is 0 Å². The molecule has 3 heterocycles. The molecule has 0 saturated carbocycles. The van der Waals surface area contributed by atoms with Crippen LogP contribution in [-0.4, -0.2) is 19.3 Å². The molecule has 0 unspecified atom stereocenters. The lowest BCUT2D eigenvalue weighted by molar-refractivity contribution is 0.420. The molecular formula is C17H11FN4O3. The zero-order chi connectivity index (χ0) is 17.4. The quantitative estimate of drug-likeness (QED) is 0.535. The van der Waals surface area contributed by atoms with E-state index in [0.717, 1.165) is 10.1 Å². The van der Waals surface area contributed by atoms with Crippen LogP contribution < -0.4 is 11.1 Å². The van der Waals surface area contributed by atoms with E-state index in [1.165, 1.54) is 17.0 Å². The van der Waals surface area contributed by atoms with E-state index in [1.54, 1.807) is 24.5 Å². The van der Waals surface area contributed by atoms with Crippen molar-refractivity contribution in [2.75, 3.05) is 0 Å². The van der Waals surface area contributed by atoms with E-state index < -0.39 is 16.9 Å². The van der Waals surface area contributed by atoms with Gasteiger partial charge in [0.1, 0.15) is 5.69 Å². The molecule has 124 valence electrons. The SMILES string of the molecule is O=c1c(=O)n(C2=C=C(F)C2)ccn1Cc1cc(-c2cccnc2)on1. The fourth-order valence-corrected chi connectivity index (χ4v) is 2.48. The van der Waals surface area contributed by atoms with Crippen LogP contribution in [0, 0.1) is 0 Å². The van der Waals surface area contributed by atoms with Gasteiger partial charge in [-0.05, 0) is 12.1 Å². The summed E-state index contributed by atoms with van der Waals surface area (Å²) in [6.07, 6.45) is 6.15. The van der Waals surface area contributed by atoms with Gasteiger partial charge in [0.15, 0.2) is 11.6 Å². The van der Waals surface area contributed by atoms with Crippen molar-refractivity contribution in [1.82, 2.24) is 19.3 Å². The van der Waals surface area contributed by atoms with E-state index >= 15 is 0 Å². The molecule has 1 aliphatic rings. The molecule has 0 radical (unpaired) electrons. The minimum absolute atomic E-state index is 0.00111. The zero-order valence-corrected chi connectivity index (χ0v) is 12.8. The maximum absolute atomic E-state index is 12.8. The van der Waals surface area contributed by atoms with E-state index in [-0.39, 0.29) is 13.0 Å². The van der Waals surface area contributed by atoms with Gasteiger partial charge in [0, 0.05) is 36.4 Å². The maximum Gasteiger partial charge on any atom is 0.321 e. The minimum atomic E-state index is -0.756. The molecule has 0 N–H and O–H groups in total. The van der Waals surface area contributed by atoms with E-state index in [9.17, 15) is 14.0 Å². The van der Waals surface area contributed by atoms with Crippen LogP contribution in [0.5, 0.6) is 0 Å². The first-order valence-corrected chi connectivity index (χ1v) is 7.44. The lowest BCUT2D eigenvalue weighted by Gasteiger charge is -2.12. The summed E-state index contributed by atoms with van der Waals surface area (Å²) in [6, 6.07) is 5.28. The first kappa shape index (κ1) is 15.0. The summed E-state index contributed by atoms with van der Waals surface area (Å²) in [4.78, 5) is 28.4. The molecule has 3 aromatic heterocycles. The Bertz CT molecular complexity index is 1130. The highest BCUT2D eigenvalue weighted by Crippen LogP contribution is 2.22. The number of hydrogen-bond donors (Lipinski definition) is 0. The van der Waals surface area contributed by atoms with Crippen LogP contribution in [0.3, 0.4) is 0 Å². The van der Waals surface area contributed by atoms with Crippen molar-refractivity contribution in [3.8, 4) is 11.3 Å². The Hall–Kier alpha value is -3.51. The van der Waals surface area contributed by atoms with Crippen LogP contribution in [0.15, 0.2) is 68.7 Å². The van der Waals surface area contributed by atoms with Gasteiger partial charge in [0.25, 0.3) is 0 Å². The number of halogens is 1. The Morgan fingerprint density at radius 2 is 2.12 bits per heavy atom. The highest BCUT2D eigenvalue weighted by molar-refractivity contribution is 5.56. The van der Waals surface area contributed by atoms with Gasteiger partial charge in [-0.2, -0.15) is 0 Å². The Morgan fingerprint density at radius 1 is 1.28 bits per heavy atom. The first-order valence-electron chi connectivity index (χ1n) is 7.44. The van der Waals surface area contributed by atoms with Crippen molar-refractivity contribution in [2.45, 2.75) is 13.0 Å². The predicted octanol–water partition coefficient (Wildman–Crippen LogP) is 1.81. The second kappa shape index (κ2) is 5.85. The monoisotopic (exact) mass is 338 g/mol. The molecule has 0 spiro atoms. The first-order chi connectivity index (χ1) is 12.1.